The number of aromatic nitrogens is 1. The van der Waals surface area contributed by atoms with E-state index in [2.05, 4.69) is 60.0 Å². The molecule has 5 nitrogen and oxygen atoms in total. The number of anilines is 2. The molecule has 5 N–H and O–H groups in total. The van der Waals surface area contributed by atoms with Crippen molar-refractivity contribution in [1.82, 2.24) is 4.98 Å². The first-order chi connectivity index (χ1) is 13.1. The van der Waals surface area contributed by atoms with Gasteiger partial charge >= 0.3 is 0 Å². The van der Waals surface area contributed by atoms with E-state index in [1.807, 2.05) is 18.2 Å². The number of hydrogen-bond acceptors (Lipinski definition) is 5. The summed E-state index contributed by atoms with van der Waals surface area (Å²) in [6, 6.07) is 16.4. The number of amidine groups is 1. The monoisotopic (exact) mass is 375 g/mol. The number of rotatable bonds is 4. The topological polar surface area (TPSA) is 89.3 Å². The summed E-state index contributed by atoms with van der Waals surface area (Å²) in [7, 11) is 0. The van der Waals surface area contributed by atoms with E-state index in [-0.39, 0.29) is 0 Å². The molecule has 0 bridgehead atoms. The van der Waals surface area contributed by atoms with Crippen LogP contribution in [-0.4, -0.2) is 10.8 Å². The minimum absolute atomic E-state index is 0.295. The van der Waals surface area contributed by atoms with E-state index in [0.29, 0.717) is 11.8 Å². The SMILES string of the molecule is CC(C)c1cccc(Nc2nc3cc(/C(N)=N/N)ccc3c3sccc23)c1. The summed E-state index contributed by atoms with van der Waals surface area (Å²) in [5.74, 6) is 6.92. The van der Waals surface area contributed by atoms with Gasteiger partial charge in [-0.3, -0.25) is 0 Å². The fraction of sp³-hybridized carbons (Fsp3) is 0.143. The smallest absolute Gasteiger partial charge is 0.150 e. The number of thiophene rings is 1. The second-order valence-corrected chi connectivity index (χ2v) is 7.69. The summed E-state index contributed by atoms with van der Waals surface area (Å²) in [5, 5.41) is 11.4. The zero-order valence-corrected chi connectivity index (χ0v) is 16.0. The highest BCUT2D eigenvalue weighted by Gasteiger charge is 2.12. The molecule has 0 unspecified atom stereocenters. The molecule has 4 aromatic rings. The van der Waals surface area contributed by atoms with Crippen molar-refractivity contribution in [3.63, 3.8) is 0 Å². The summed E-state index contributed by atoms with van der Waals surface area (Å²) >= 11 is 1.70. The number of nitrogens with two attached hydrogens (primary N) is 2. The molecule has 4 rings (SSSR count). The molecule has 0 atom stereocenters. The van der Waals surface area contributed by atoms with Crippen LogP contribution < -0.4 is 16.9 Å². The average Bonchev–Trinajstić information content (AvgIpc) is 3.17. The molecule has 2 heterocycles. The highest BCUT2D eigenvalue weighted by Crippen LogP contribution is 2.35. The maximum Gasteiger partial charge on any atom is 0.150 e. The van der Waals surface area contributed by atoms with Gasteiger partial charge in [0.1, 0.15) is 11.7 Å². The normalized spacial score (nSPS) is 12.2. The number of hydrazone groups is 1. The lowest BCUT2D eigenvalue weighted by Crippen LogP contribution is -2.15. The molecule has 0 aliphatic rings. The fourth-order valence-corrected chi connectivity index (χ4v) is 4.07. The average molecular weight is 376 g/mol. The first kappa shape index (κ1) is 17.3. The summed E-state index contributed by atoms with van der Waals surface area (Å²) < 4.78 is 1.19. The van der Waals surface area contributed by atoms with Crippen LogP contribution in [0.2, 0.25) is 0 Å². The van der Waals surface area contributed by atoms with E-state index in [1.165, 1.54) is 10.3 Å². The summed E-state index contributed by atoms with van der Waals surface area (Å²) in [5.41, 5.74) is 9.81. The van der Waals surface area contributed by atoms with Crippen LogP contribution in [0.25, 0.3) is 21.0 Å². The maximum absolute atomic E-state index is 5.87. The van der Waals surface area contributed by atoms with Gasteiger partial charge in [-0.2, -0.15) is 5.10 Å². The first-order valence-corrected chi connectivity index (χ1v) is 9.66. The van der Waals surface area contributed by atoms with Gasteiger partial charge in [-0.1, -0.05) is 38.1 Å². The van der Waals surface area contributed by atoms with E-state index in [9.17, 15) is 0 Å². The van der Waals surface area contributed by atoms with Crippen molar-refractivity contribution in [2.75, 3.05) is 5.32 Å². The number of hydrogen-bond donors (Lipinski definition) is 3. The Kier molecular flexibility index (Phi) is 4.41. The molecule has 0 aliphatic heterocycles. The molecule has 0 spiro atoms. The van der Waals surface area contributed by atoms with Gasteiger partial charge in [0.05, 0.1) is 5.52 Å². The predicted molar refractivity (Wildman–Crippen MR) is 116 cm³/mol. The van der Waals surface area contributed by atoms with Gasteiger partial charge in [-0.05, 0) is 41.1 Å². The number of nitrogens with one attached hydrogen (secondary N) is 1. The molecular formula is C21H21N5S. The number of benzene rings is 2. The van der Waals surface area contributed by atoms with Crippen LogP contribution in [0.4, 0.5) is 11.5 Å². The van der Waals surface area contributed by atoms with Crippen molar-refractivity contribution < 1.29 is 0 Å². The van der Waals surface area contributed by atoms with Gasteiger partial charge in [-0.25, -0.2) is 4.98 Å². The fourth-order valence-electron chi connectivity index (χ4n) is 3.14. The molecule has 0 fully saturated rings. The number of fused-ring (bicyclic) bond motifs is 3. The Bertz CT molecular complexity index is 1160. The van der Waals surface area contributed by atoms with Crippen LogP contribution in [0.3, 0.4) is 0 Å². The molecule has 0 amide bonds. The van der Waals surface area contributed by atoms with Gasteiger partial charge < -0.3 is 16.9 Å². The summed E-state index contributed by atoms with van der Waals surface area (Å²) in [6.07, 6.45) is 0. The van der Waals surface area contributed by atoms with Gasteiger partial charge in [0.25, 0.3) is 0 Å². The van der Waals surface area contributed by atoms with Crippen LogP contribution in [0.1, 0.15) is 30.9 Å². The molecule has 0 aliphatic carbocycles. The Balaban J connectivity index is 1.86. The van der Waals surface area contributed by atoms with E-state index in [4.69, 9.17) is 16.6 Å². The van der Waals surface area contributed by atoms with Crippen LogP contribution in [0.5, 0.6) is 0 Å². The van der Waals surface area contributed by atoms with Gasteiger partial charge in [0.15, 0.2) is 0 Å². The molecule has 2 aromatic heterocycles. The van der Waals surface area contributed by atoms with E-state index in [1.54, 1.807) is 11.3 Å². The zero-order chi connectivity index (χ0) is 19.0. The van der Waals surface area contributed by atoms with Crippen LogP contribution >= 0.6 is 11.3 Å². The van der Waals surface area contributed by atoms with Gasteiger partial charge in [-0.15, -0.1) is 11.3 Å². The van der Waals surface area contributed by atoms with Crippen molar-refractivity contribution in [3.8, 4) is 0 Å². The summed E-state index contributed by atoms with van der Waals surface area (Å²) in [6.45, 7) is 4.38. The Hall–Kier alpha value is -3.12. The van der Waals surface area contributed by atoms with E-state index < -0.39 is 0 Å². The molecule has 6 heteroatoms. The Morgan fingerprint density at radius 2 is 1.96 bits per heavy atom. The van der Waals surface area contributed by atoms with Crippen LogP contribution in [0, 0.1) is 0 Å². The van der Waals surface area contributed by atoms with E-state index >= 15 is 0 Å². The van der Waals surface area contributed by atoms with Crippen LogP contribution in [0.15, 0.2) is 59.0 Å². The third-order valence-electron chi connectivity index (χ3n) is 4.65. The molecule has 2 aromatic carbocycles. The lowest BCUT2D eigenvalue weighted by atomic mass is 10.0. The lowest BCUT2D eigenvalue weighted by Gasteiger charge is -2.12. The minimum Gasteiger partial charge on any atom is -0.382 e. The second kappa shape index (κ2) is 6.89. The van der Waals surface area contributed by atoms with Gasteiger partial charge in [0.2, 0.25) is 0 Å². The first-order valence-electron chi connectivity index (χ1n) is 8.78. The Morgan fingerprint density at radius 3 is 2.74 bits per heavy atom. The lowest BCUT2D eigenvalue weighted by molar-refractivity contribution is 0.867. The molecular weight excluding hydrogens is 354 g/mol. The quantitative estimate of drug-likeness (QED) is 0.205. The summed E-state index contributed by atoms with van der Waals surface area (Å²) in [4.78, 5) is 4.87. The molecule has 136 valence electrons. The third-order valence-corrected chi connectivity index (χ3v) is 5.59. The van der Waals surface area contributed by atoms with Gasteiger partial charge in [0, 0.05) is 26.7 Å². The molecule has 27 heavy (non-hydrogen) atoms. The van der Waals surface area contributed by atoms with Crippen LogP contribution in [-0.2, 0) is 0 Å². The number of nitrogens with zero attached hydrogens (tertiary/aromatic N) is 2. The van der Waals surface area contributed by atoms with Crippen molar-refractivity contribution >= 4 is 49.7 Å². The van der Waals surface area contributed by atoms with Crippen molar-refractivity contribution in [2.45, 2.75) is 19.8 Å². The molecule has 0 radical (unpaired) electrons. The van der Waals surface area contributed by atoms with Crippen molar-refractivity contribution in [1.29, 1.82) is 0 Å². The largest absolute Gasteiger partial charge is 0.382 e. The molecule has 0 saturated heterocycles. The maximum atomic E-state index is 5.87. The van der Waals surface area contributed by atoms with E-state index in [0.717, 1.165) is 33.4 Å². The minimum atomic E-state index is 0.295. The predicted octanol–water partition coefficient (Wildman–Crippen LogP) is 4.90. The highest BCUT2D eigenvalue weighted by molar-refractivity contribution is 7.18. The second-order valence-electron chi connectivity index (χ2n) is 6.78. The standard InChI is InChI=1S/C21H21N5S/c1-12(2)13-4-3-5-15(10-13)24-21-17-8-9-27-19(17)16-7-6-14(20(22)26-23)11-18(16)25-21/h3-12H,23H2,1-2H3,(H2,22,26)(H,24,25). The zero-order valence-electron chi connectivity index (χ0n) is 15.2. The molecule has 0 saturated carbocycles. The van der Waals surface area contributed by atoms with Crippen molar-refractivity contribution in [3.05, 3.63) is 65.0 Å². The Morgan fingerprint density at radius 1 is 1.11 bits per heavy atom. The highest BCUT2D eigenvalue weighted by atomic mass is 32.1. The number of pyridine rings is 1. The third kappa shape index (κ3) is 3.19. The Labute approximate surface area is 161 Å². The van der Waals surface area contributed by atoms with Crippen molar-refractivity contribution in [2.24, 2.45) is 16.7 Å².